The first kappa shape index (κ1) is 16.1. The second-order valence-electron chi connectivity index (χ2n) is 5.96. The predicted octanol–water partition coefficient (Wildman–Crippen LogP) is 3.85. The van der Waals surface area contributed by atoms with Gasteiger partial charge >= 0.3 is 0 Å². The maximum Gasteiger partial charge on any atom is 0.125 e. The molecule has 21 heavy (non-hydrogen) atoms. The molecule has 2 aromatic rings. The number of nitrogens with zero attached hydrogens (tertiary/aromatic N) is 2. The van der Waals surface area contributed by atoms with Gasteiger partial charge in [-0.3, -0.25) is 4.68 Å². The molecule has 0 bridgehead atoms. The summed E-state index contributed by atoms with van der Waals surface area (Å²) in [4.78, 5) is 0. The van der Waals surface area contributed by atoms with Crippen LogP contribution in [-0.2, 0) is 13.1 Å². The normalized spacial score (nSPS) is 11.6. The van der Waals surface area contributed by atoms with Crippen LogP contribution in [0.15, 0.2) is 10.5 Å². The topological polar surface area (TPSA) is 43.0 Å². The number of aromatic nitrogens is 2. The van der Waals surface area contributed by atoms with E-state index in [4.69, 9.17) is 16.0 Å². The molecule has 0 atom stereocenters. The van der Waals surface area contributed by atoms with E-state index in [0.717, 1.165) is 41.0 Å². The number of halogens is 1. The summed E-state index contributed by atoms with van der Waals surface area (Å²) in [5.41, 5.74) is 3.04. The highest BCUT2D eigenvalue weighted by atomic mass is 35.5. The fraction of sp³-hybridized carbons (Fsp3) is 0.562. The Balaban J connectivity index is 2.06. The molecule has 4 nitrogen and oxygen atoms in total. The first-order valence-electron chi connectivity index (χ1n) is 7.37. The third kappa shape index (κ3) is 3.89. The lowest BCUT2D eigenvalue weighted by molar-refractivity contribution is 0.452. The van der Waals surface area contributed by atoms with E-state index in [9.17, 15) is 0 Å². The van der Waals surface area contributed by atoms with Crippen LogP contribution in [0.5, 0.6) is 0 Å². The summed E-state index contributed by atoms with van der Waals surface area (Å²) < 4.78 is 7.73. The van der Waals surface area contributed by atoms with E-state index >= 15 is 0 Å². The molecule has 0 saturated carbocycles. The van der Waals surface area contributed by atoms with Gasteiger partial charge in [0.25, 0.3) is 0 Å². The lowest BCUT2D eigenvalue weighted by atomic mass is 10.2. The smallest absolute Gasteiger partial charge is 0.125 e. The van der Waals surface area contributed by atoms with Crippen molar-refractivity contribution >= 4 is 11.6 Å². The van der Waals surface area contributed by atoms with Crippen molar-refractivity contribution in [3.8, 4) is 0 Å². The molecule has 2 rings (SSSR count). The lowest BCUT2D eigenvalue weighted by Gasteiger charge is -2.05. The van der Waals surface area contributed by atoms with Crippen LogP contribution >= 0.6 is 11.6 Å². The average Bonchev–Trinajstić information content (AvgIpc) is 2.86. The van der Waals surface area contributed by atoms with E-state index in [0.29, 0.717) is 12.5 Å². The highest BCUT2D eigenvalue weighted by Gasteiger charge is 2.13. The molecule has 0 aliphatic heterocycles. The molecule has 0 saturated heterocycles. The van der Waals surface area contributed by atoms with Gasteiger partial charge in [0.1, 0.15) is 11.5 Å². The lowest BCUT2D eigenvalue weighted by Crippen LogP contribution is -2.19. The Kier molecular flexibility index (Phi) is 5.12. The monoisotopic (exact) mass is 309 g/mol. The Morgan fingerprint density at radius 1 is 1.33 bits per heavy atom. The summed E-state index contributed by atoms with van der Waals surface area (Å²) in [6.07, 6.45) is 0. The molecule has 2 heterocycles. The highest BCUT2D eigenvalue weighted by Crippen LogP contribution is 2.21. The zero-order valence-electron chi connectivity index (χ0n) is 13.5. The van der Waals surface area contributed by atoms with Crippen molar-refractivity contribution in [1.29, 1.82) is 0 Å². The van der Waals surface area contributed by atoms with Crippen LogP contribution in [-0.4, -0.2) is 16.3 Å². The van der Waals surface area contributed by atoms with Crippen LogP contribution in [0.25, 0.3) is 0 Å². The Morgan fingerprint density at radius 2 is 2.05 bits per heavy atom. The van der Waals surface area contributed by atoms with Crippen molar-refractivity contribution in [1.82, 2.24) is 15.1 Å². The van der Waals surface area contributed by atoms with Gasteiger partial charge in [-0.1, -0.05) is 25.4 Å². The second-order valence-corrected chi connectivity index (χ2v) is 6.34. The molecule has 0 unspecified atom stereocenters. The molecule has 0 radical (unpaired) electrons. The summed E-state index contributed by atoms with van der Waals surface area (Å²) >= 11 is 6.18. The van der Waals surface area contributed by atoms with Gasteiger partial charge in [0.2, 0.25) is 0 Å². The third-order valence-corrected chi connectivity index (χ3v) is 4.09. The van der Waals surface area contributed by atoms with Gasteiger partial charge in [0.15, 0.2) is 0 Å². The van der Waals surface area contributed by atoms with Gasteiger partial charge in [-0.05, 0) is 39.3 Å². The van der Waals surface area contributed by atoms with Crippen LogP contribution in [0.4, 0.5) is 0 Å². The van der Waals surface area contributed by atoms with Crippen LogP contribution < -0.4 is 5.32 Å². The molecule has 0 amide bonds. The van der Waals surface area contributed by atoms with Gasteiger partial charge in [-0.15, -0.1) is 0 Å². The summed E-state index contributed by atoms with van der Waals surface area (Å²) in [5.74, 6) is 2.53. The van der Waals surface area contributed by atoms with Crippen molar-refractivity contribution in [3.63, 3.8) is 0 Å². The third-order valence-electron chi connectivity index (χ3n) is 3.54. The van der Waals surface area contributed by atoms with Crippen molar-refractivity contribution in [2.45, 2.75) is 47.7 Å². The predicted molar refractivity (Wildman–Crippen MR) is 85.8 cm³/mol. The van der Waals surface area contributed by atoms with Crippen molar-refractivity contribution in [3.05, 3.63) is 39.6 Å². The number of aryl methyl sites for hydroxylation is 2. The quantitative estimate of drug-likeness (QED) is 0.881. The van der Waals surface area contributed by atoms with Gasteiger partial charge in [-0.25, -0.2) is 0 Å². The van der Waals surface area contributed by atoms with Gasteiger partial charge in [-0.2, -0.15) is 5.10 Å². The standard InChI is InChI=1S/C16H24ClN3O/c1-10(2)7-18-8-14-6-15(21-13(14)5)9-20-12(4)16(17)11(3)19-20/h6,10,18H,7-9H2,1-5H3. The molecule has 0 aromatic carbocycles. The maximum absolute atomic E-state index is 6.18. The molecule has 5 heteroatoms. The van der Waals surface area contributed by atoms with Crippen molar-refractivity contribution < 1.29 is 4.42 Å². The zero-order chi connectivity index (χ0) is 15.6. The molecule has 0 aliphatic rings. The number of rotatable bonds is 6. The first-order chi connectivity index (χ1) is 9.88. The van der Waals surface area contributed by atoms with Crippen LogP contribution in [0.3, 0.4) is 0 Å². The summed E-state index contributed by atoms with van der Waals surface area (Å²) in [5, 5.41) is 8.61. The highest BCUT2D eigenvalue weighted by molar-refractivity contribution is 6.31. The van der Waals surface area contributed by atoms with Crippen molar-refractivity contribution in [2.75, 3.05) is 6.54 Å². The number of hydrogen-bond donors (Lipinski definition) is 1. The number of hydrogen-bond acceptors (Lipinski definition) is 3. The van der Waals surface area contributed by atoms with E-state index in [2.05, 4.69) is 30.3 Å². The molecular formula is C16H24ClN3O. The van der Waals surface area contributed by atoms with Gasteiger partial charge in [0.05, 0.1) is 23.0 Å². The maximum atomic E-state index is 6.18. The first-order valence-corrected chi connectivity index (χ1v) is 7.74. The summed E-state index contributed by atoms with van der Waals surface area (Å²) in [7, 11) is 0. The Hall–Kier alpha value is -1.26. The van der Waals surface area contributed by atoms with Gasteiger partial charge in [0, 0.05) is 12.1 Å². The van der Waals surface area contributed by atoms with E-state index < -0.39 is 0 Å². The summed E-state index contributed by atoms with van der Waals surface area (Å²) in [6.45, 7) is 12.8. The van der Waals surface area contributed by atoms with Crippen molar-refractivity contribution in [2.24, 2.45) is 5.92 Å². The average molecular weight is 310 g/mol. The molecule has 2 aromatic heterocycles. The van der Waals surface area contributed by atoms with Gasteiger partial charge < -0.3 is 9.73 Å². The molecule has 116 valence electrons. The molecular weight excluding hydrogens is 286 g/mol. The van der Waals surface area contributed by atoms with E-state index in [-0.39, 0.29) is 0 Å². The largest absolute Gasteiger partial charge is 0.464 e. The van der Waals surface area contributed by atoms with E-state index in [1.165, 1.54) is 5.56 Å². The van der Waals surface area contributed by atoms with E-state index in [1.54, 1.807) is 0 Å². The Labute approximate surface area is 131 Å². The fourth-order valence-electron chi connectivity index (χ4n) is 2.31. The SMILES string of the molecule is Cc1nn(Cc2cc(CNCC(C)C)c(C)o2)c(C)c1Cl. The molecule has 0 fully saturated rings. The molecule has 0 spiro atoms. The van der Waals surface area contributed by atoms with Crippen LogP contribution in [0, 0.1) is 26.7 Å². The molecule has 0 aliphatic carbocycles. The summed E-state index contributed by atoms with van der Waals surface area (Å²) in [6, 6.07) is 2.10. The van der Waals surface area contributed by atoms with Crippen LogP contribution in [0.1, 0.15) is 42.3 Å². The fourth-order valence-corrected chi connectivity index (χ4v) is 2.45. The second kappa shape index (κ2) is 6.67. The minimum atomic E-state index is 0.615. The van der Waals surface area contributed by atoms with Crippen LogP contribution in [0.2, 0.25) is 5.02 Å². The molecule has 1 N–H and O–H groups in total. The Morgan fingerprint density at radius 3 is 2.62 bits per heavy atom. The zero-order valence-corrected chi connectivity index (χ0v) is 14.2. The Bertz CT molecular complexity index is 613. The number of furan rings is 1. The van der Waals surface area contributed by atoms with E-state index in [1.807, 2.05) is 25.5 Å². The minimum absolute atomic E-state index is 0.615. The number of nitrogens with one attached hydrogen (secondary N) is 1. The minimum Gasteiger partial charge on any atom is -0.464 e.